The molecule has 0 spiro atoms. The summed E-state index contributed by atoms with van der Waals surface area (Å²) in [4.78, 5) is 43.4. The topological polar surface area (TPSA) is 93.1 Å². The zero-order chi connectivity index (χ0) is 20.4. The van der Waals surface area contributed by atoms with Crippen molar-refractivity contribution in [3.63, 3.8) is 0 Å². The Labute approximate surface area is 175 Å². The normalized spacial score (nSPS) is 13.1. The number of halogens is 1. The van der Waals surface area contributed by atoms with Crippen LogP contribution >= 0.6 is 22.9 Å². The van der Waals surface area contributed by atoms with Gasteiger partial charge in [-0.1, -0.05) is 11.6 Å². The van der Waals surface area contributed by atoms with Gasteiger partial charge in [-0.25, -0.2) is 4.98 Å². The minimum Gasteiger partial charge on any atom is -0.298 e. The van der Waals surface area contributed by atoms with Gasteiger partial charge in [0.05, 0.1) is 11.7 Å². The standard InChI is InChI=1S/C20H19ClN4O3S/c21-13-7-5-12(6-8-13)18(27)24-23-16(26)9-10-25-11-22-19-17(20(25)28)14-3-1-2-4-15(14)29-19/h5-8,11H,1-4,9-10H2,(H,23,26)(H,24,27). The third kappa shape index (κ3) is 4.18. The number of carbonyl (C=O) groups is 2. The van der Waals surface area contributed by atoms with Crippen molar-refractivity contribution < 1.29 is 9.59 Å². The second-order valence-electron chi connectivity index (χ2n) is 6.89. The first-order valence-corrected chi connectivity index (χ1v) is 10.6. The van der Waals surface area contributed by atoms with Crippen molar-refractivity contribution in [1.29, 1.82) is 0 Å². The average molecular weight is 431 g/mol. The van der Waals surface area contributed by atoms with Crippen LogP contribution in [0.1, 0.15) is 40.1 Å². The van der Waals surface area contributed by atoms with Crippen LogP contribution in [0.4, 0.5) is 0 Å². The number of nitrogens with one attached hydrogen (secondary N) is 2. The molecule has 2 N–H and O–H groups in total. The van der Waals surface area contributed by atoms with Crippen LogP contribution in [-0.2, 0) is 24.2 Å². The van der Waals surface area contributed by atoms with Crippen molar-refractivity contribution in [1.82, 2.24) is 20.4 Å². The van der Waals surface area contributed by atoms with E-state index in [1.165, 1.54) is 15.8 Å². The van der Waals surface area contributed by atoms with E-state index in [0.29, 0.717) is 16.0 Å². The smallest absolute Gasteiger partial charge is 0.269 e. The van der Waals surface area contributed by atoms with E-state index < -0.39 is 11.8 Å². The number of thiophene rings is 1. The largest absolute Gasteiger partial charge is 0.298 e. The van der Waals surface area contributed by atoms with Crippen LogP contribution in [0.5, 0.6) is 0 Å². The molecule has 0 aliphatic heterocycles. The number of fused-ring (bicyclic) bond motifs is 3. The molecule has 2 heterocycles. The summed E-state index contributed by atoms with van der Waals surface area (Å²) < 4.78 is 1.46. The lowest BCUT2D eigenvalue weighted by molar-refractivity contribution is -0.122. The lowest BCUT2D eigenvalue weighted by Crippen LogP contribution is -2.42. The van der Waals surface area contributed by atoms with E-state index in [1.54, 1.807) is 35.6 Å². The molecule has 150 valence electrons. The van der Waals surface area contributed by atoms with Gasteiger partial charge in [0, 0.05) is 28.4 Å². The Morgan fingerprint density at radius 2 is 1.90 bits per heavy atom. The summed E-state index contributed by atoms with van der Waals surface area (Å²) in [7, 11) is 0. The van der Waals surface area contributed by atoms with Gasteiger partial charge in [0.2, 0.25) is 5.91 Å². The Bertz CT molecular complexity index is 1140. The van der Waals surface area contributed by atoms with Gasteiger partial charge in [0.15, 0.2) is 0 Å². The summed E-state index contributed by atoms with van der Waals surface area (Å²) in [5, 5.41) is 1.22. The summed E-state index contributed by atoms with van der Waals surface area (Å²) in [6.45, 7) is 0.190. The maximum atomic E-state index is 12.9. The van der Waals surface area contributed by atoms with Crippen LogP contribution in [0, 0.1) is 0 Å². The van der Waals surface area contributed by atoms with E-state index in [4.69, 9.17) is 11.6 Å². The van der Waals surface area contributed by atoms with E-state index in [-0.39, 0.29) is 18.5 Å². The molecule has 2 aromatic heterocycles. The molecule has 4 rings (SSSR count). The van der Waals surface area contributed by atoms with Gasteiger partial charge in [-0.05, 0) is 55.5 Å². The van der Waals surface area contributed by atoms with Gasteiger partial charge < -0.3 is 0 Å². The molecule has 0 saturated heterocycles. The first-order chi connectivity index (χ1) is 14.0. The van der Waals surface area contributed by atoms with Crippen molar-refractivity contribution in [2.24, 2.45) is 0 Å². The monoisotopic (exact) mass is 430 g/mol. The molecular weight excluding hydrogens is 412 g/mol. The Hall–Kier alpha value is -2.71. The predicted octanol–water partition coefficient (Wildman–Crippen LogP) is 2.84. The number of rotatable bonds is 4. The fraction of sp³-hybridized carbons (Fsp3) is 0.300. The minimum atomic E-state index is -0.444. The Morgan fingerprint density at radius 1 is 1.14 bits per heavy atom. The molecule has 0 bridgehead atoms. The summed E-state index contributed by atoms with van der Waals surface area (Å²) in [5.41, 5.74) is 6.12. The molecule has 2 amide bonds. The van der Waals surface area contributed by atoms with Crippen LogP contribution in [0.3, 0.4) is 0 Å². The lowest BCUT2D eigenvalue weighted by Gasteiger charge is -2.11. The van der Waals surface area contributed by atoms with Crippen molar-refractivity contribution >= 4 is 45.0 Å². The molecule has 7 nitrogen and oxygen atoms in total. The van der Waals surface area contributed by atoms with Crippen molar-refractivity contribution in [2.45, 2.75) is 38.6 Å². The molecule has 29 heavy (non-hydrogen) atoms. The second kappa shape index (κ2) is 8.34. The molecular formula is C20H19ClN4O3S. The summed E-state index contributed by atoms with van der Waals surface area (Å²) in [5.74, 6) is -0.841. The van der Waals surface area contributed by atoms with Crippen LogP contribution in [0.15, 0.2) is 35.4 Å². The van der Waals surface area contributed by atoms with E-state index in [1.807, 2.05) is 0 Å². The number of aryl methyl sites for hydroxylation is 3. The highest BCUT2D eigenvalue weighted by molar-refractivity contribution is 7.18. The number of hydrazine groups is 1. The Kier molecular flexibility index (Phi) is 5.64. The van der Waals surface area contributed by atoms with Gasteiger partial charge in [-0.3, -0.25) is 29.8 Å². The minimum absolute atomic E-state index is 0.0420. The molecule has 0 saturated carbocycles. The fourth-order valence-corrected chi connectivity index (χ4v) is 4.77. The van der Waals surface area contributed by atoms with E-state index in [2.05, 4.69) is 15.8 Å². The van der Waals surface area contributed by atoms with Crippen molar-refractivity contribution in [2.75, 3.05) is 0 Å². The summed E-state index contributed by atoms with van der Waals surface area (Å²) in [6, 6.07) is 6.31. The van der Waals surface area contributed by atoms with E-state index in [0.717, 1.165) is 36.1 Å². The first-order valence-electron chi connectivity index (χ1n) is 9.37. The summed E-state index contributed by atoms with van der Waals surface area (Å²) >= 11 is 7.39. The fourth-order valence-electron chi connectivity index (χ4n) is 3.42. The van der Waals surface area contributed by atoms with Crippen LogP contribution in [0.2, 0.25) is 5.02 Å². The highest BCUT2D eigenvalue weighted by Crippen LogP contribution is 2.33. The Morgan fingerprint density at radius 3 is 2.69 bits per heavy atom. The van der Waals surface area contributed by atoms with Gasteiger partial charge in [0.25, 0.3) is 11.5 Å². The first kappa shape index (κ1) is 19.6. The molecule has 1 aliphatic rings. The maximum Gasteiger partial charge on any atom is 0.269 e. The number of benzene rings is 1. The number of amides is 2. The predicted molar refractivity (Wildman–Crippen MR) is 112 cm³/mol. The van der Waals surface area contributed by atoms with Crippen LogP contribution < -0.4 is 16.4 Å². The van der Waals surface area contributed by atoms with E-state index in [9.17, 15) is 14.4 Å². The van der Waals surface area contributed by atoms with Gasteiger partial charge in [-0.15, -0.1) is 11.3 Å². The third-order valence-corrected chi connectivity index (χ3v) is 6.40. The van der Waals surface area contributed by atoms with Gasteiger partial charge in [0.1, 0.15) is 4.83 Å². The number of aromatic nitrogens is 2. The van der Waals surface area contributed by atoms with Crippen LogP contribution in [0.25, 0.3) is 10.2 Å². The van der Waals surface area contributed by atoms with Crippen molar-refractivity contribution in [3.05, 3.63) is 62.0 Å². The highest BCUT2D eigenvalue weighted by atomic mass is 35.5. The van der Waals surface area contributed by atoms with Gasteiger partial charge in [-0.2, -0.15) is 0 Å². The Balaban J connectivity index is 1.38. The highest BCUT2D eigenvalue weighted by Gasteiger charge is 2.20. The molecule has 0 atom stereocenters. The number of hydrogen-bond donors (Lipinski definition) is 2. The second-order valence-corrected chi connectivity index (χ2v) is 8.41. The average Bonchev–Trinajstić information content (AvgIpc) is 3.11. The molecule has 0 unspecified atom stereocenters. The zero-order valence-electron chi connectivity index (χ0n) is 15.5. The number of hydrogen-bond acceptors (Lipinski definition) is 5. The third-order valence-electron chi connectivity index (χ3n) is 4.94. The summed E-state index contributed by atoms with van der Waals surface area (Å²) in [6.07, 6.45) is 5.68. The molecule has 9 heteroatoms. The number of nitrogens with zero attached hydrogens (tertiary/aromatic N) is 2. The van der Waals surface area contributed by atoms with E-state index >= 15 is 0 Å². The van der Waals surface area contributed by atoms with Crippen LogP contribution in [-0.4, -0.2) is 21.4 Å². The molecule has 0 fully saturated rings. The van der Waals surface area contributed by atoms with Gasteiger partial charge >= 0.3 is 0 Å². The SMILES string of the molecule is O=C(CCn1cnc2sc3c(c2c1=O)CCCC3)NNC(=O)c1ccc(Cl)cc1. The molecule has 1 aromatic carbocycles. The molecule has 1 aliphatic carbocycles. The zero-order valence-corrected chi connectivity index (χ0v) is 17.1. The number of carbonyl (C=O) groups excluding carboxylic acids is 2. The lowest BCUT2D eigenvalue weighted by atomic mass is 9.97. The quantitative estimate of drug-likeness (QED) is 0.622. The maximum absolute atomic E-state index is 12.9. The van der Waals surface area contributed by atoms with Crippen molar-refractivity contribution in [3.8, 4) is 0 Å². The molecule has 0 radical (unpaired) electrons. The molecule has 3 aromatic rings.